The minimum atomic E-state index is -0.0946. The van der Waals surface area contributed by atoms with Crippen LogP contribution in [0, 0.1) is 11.8 Å². The fourth-order valence-corrected chi connectivity index (χ4v) is 4.76. The molecule has 156 valence electrons. The Labute approximate surface area is 168 Å². The summed E-state index contributed by atoms with van der Waals surface area (Å²) < 4.78 is 5.35. The number of amides is 2. The van der Waals surface area contributed by atoms with Crippen LogP contribution < -0.4 is 5.32 Å². The SMILES string of the molecule is CCC(CC)C(=O)N1CCN(C(C(=O)NCc2ccco2)C2CCCC2)CC1. The Morgan fingerprint density at radius 1 is 1.14 bits per heavy atom. The second-order valence-electron chi connectivity index (χ2n) is 8.16. The maximum Gasteiger partial charge on any atom is 0.238 e. The van der Waals surface area contributed by atoms with Crippen molar-refractivity contribution in [1.29, 1.82) is 0 Å². The Hall–Kier alpha value is -1.82. The first-order chi connectivity index (χ1) is 13.6. The molecule has 2 aliphatic rings. The average Bonchev–Trinajstić information content (AvgIpc) is 3.42. The molecule has 3 rings (SSSR count). The van der Waals surface area contributed by atoms with Gasteiger partial charge >= 0.3 is 0 Å². The largest absolute Gasteiger partial charge is 0.467 e. The molecule has 1 saturated heterocycles. The van der Waals surface area contributed by atoms with Crippen molar-refractivity contribution in [3.05, 3.63) is 24.2 Å². The number of furan rings is 1. The smallest absolute Gasteiger partial charge is 0.238 e. The van der Waals surface area contributed by atoms with Crippen LogP contribution in [0.1, 0.15) is 58.1 Å². The molecule has 1 N–H and O–H groups in total. The lowest BCUT2D eigenvalue weighted by Crippen LogP contribution is -2.58. The van der Waals surface area contributed by atoms with Crippen LogP contribution in [0.25, 0.3) is 0 Å². The average molecular weight is 390 g/mol. The highest BCUT2D eigenvalue weighted by atomic mass is 16.3. The van der Waals surface area contributed by atoms with Gasteiger partial charge in [0.1, 0.15) is 5.76 Å². The fraction of sp³-hybridized carbons (Fsp3) is 0.727. The summed E-state index contributed by atoms with van der Waals surface area (Å²) in [4.78, 5) is 30.1. The molecule has 1 unspecified atom stereocenters. The summed E-state index contributed by atoms with van der Waals surface area (Å²) in [6, 6.07) is 3.63. The fourth-order valence-electron chi connectivity index (χ4n) is 4.76. The molecule has 2 amide bonds. The molecule has 28 heavy (non-hydrogen) atoms. The van der Waals surface area contributed by atoms with E-state index in [0.29, 0.717) is 12.5 Å². The van der Waals surface area contributed by atoms with Gasteiger partial charge in [-0.25, -0.2) is 0 Å². The first-order valence-electron chi connectivity index (χ1n) is 11.0. The van der Waals surface area contributed by atoms with Gasteiger partial charge in [-0.1, -0.05) is 26.7 Å². The number of nitrogens with one attached hydrogen (secondary N) is 1. The molecule has 0 spiro atoms. The number of carbonyl (C=O) groups excluding carboxylic acids is 2. The van der Waals surface area contributed by atoms with Crippen molar-refractivity contribution < 1.29 is 14.0 Å². The predicted molar refractivity (Wildman–Crippen MR) is 109 cm³/mol. The molecule has 2 heterocycles. The van der Waals surface area contributed by atoms with E-state index in [1.807, 2.05) is 17.0 Å². The van der Waals surface area contributed by atoms with E-state index in [1.54, 1.807) is 6.26 Å². The molecule has 0 aromatic carbocycles. The van der Waals surface area contributed by atoms with Crippen LogP contribution >= 0.6 is 0 Å². The van der Waals surface area contributed by atoms with Crippen molar-refractivity contribution in [2.24, 2.45) is 11.8 Å². The molecule has 0 bridgehead atoms. The van der Waals surface area contributed by atoms with E-state index in [4.69, 9.17) is 4.42 Å². The van der Waals surface area contributed by atoms with Crippen LogP contribution in [-0.2, 0) is 16.1 Å². The Bertz CT molecular complexity index is 613. The van der Waals surface area contributed by atoms with Gasteiger partial charge in [0.2, 0.25) is 11.8 Å². The third kappa shape index (κ3) is 4.96. The summed E-state index contributed by atoms with van der Waals surface area (Å²) in [6.45, 7) is 7.61. The highest BCUT2D eigenvalue weighted by Gasteiger charge is 2.37. The van der Waals surface area contributed by atoms with Crippen molar-refractivity contribution in [3.8, 4) is 0 Å². The van der Waals surface area contributed by atoms with Gasteiger partial charge in [-0.3, -0.25) is 14.5 Å². The maximum absolute atomic E-state index is 13.1. The molecule has 1 aromatic rings. The maximum atomic E-state index is 13.1. The third-order valence-electron chi connectivity index (χ3n) is 6.49. The number of piperazine rings is 1. The van der Waals surface area contributed by atoms with Gasteiger partial charge in [0, 0.05) is 32.1 Å². The molecule has 2 fully saturated rings. The van der Waals surface area contributed by atoms with Gasteiger partial charge < -0.3 is 14.6 Å². The first kappa shape index (κ1) is 20.9. The molecule has 0 radical (unpaired) electrons. The van der Waals surface area contributed by atoms with Crippen LogP contribution in [-0.4, -0.2) is 53.8 Å². The van der Waals surface area contributed by atoms with E-state index in [1.165, 1.54) is 12.8 Å². The topological polar surface area (TPSA) is 65.8 Å². The van der Waals surface area contributed by atoms with Crippen molar-refractivity contribution in [3.63, 3.8) is 0 Å². The number of rotatable bonds is 8. The van der Waals surface area contributed by atoms with Crippen molar-refractivity contribution in [2.45, 2.75) is 65.0 Å². The van der Waals surface area contributed by atoms with Gasteiger partial charge in [0.05, 0.1) is 18.8 Å². The van der Waals surface area contributed by atoms with Gasteiger partial charge in [0.25, 0.3) is 0 Å². The first-order valence-corrected chi connectivity index (χ1v) is 11.0. The third-order valence-corrected chi connectivity index (χ3v) is 6.49. The van der Waals surface area contributed by atoms with Crippen molar-refractivity contribution in [2.75, 3.05) is 26.2 Å². The van der Waals surface area contributed by atoms with Crippen molar-refractivity contribution in [1.82, 2.24) is 15.1 Å². The molecular weight excluding hydrogens is 354 g/mol. The molecule has 1 aliphatic heterocycles. The standard InChI is InChI=1S/C22H35N3O3/c1-3-17(4-2)22(27)25-13-11-24(12-14-25)20(18-8-5-6-9-18)21(26)23-16-19-10-7-15-28-19/h7,10,15,17-18,20H,3-6,8-9,11-14,16H2,1-2H3,(H,23,26). The summed E-state index contributed by atoms with van der Waals surface area (Å²) in [5.41, 5.74) is 0. The molecule has 6 heteroatoms. The molecular formula is C22H35N3O3. The van der Waals surface area contributed by atoms with Crippen LogP contribution in [0.3, 0.4) is 0 Å². The van der Waals surface area contributed by atoms with Gasteiger partial charge in [0.15, 0.2) is 0 Å². The van der Waals surface area contributed by atoms with Gasteiger partial charge in [-0.05, 0) is 43.7 Å². The Morgan fingerprint density at radius 3 is 2.39 bits per heavy atom. The zero-order valence-electron chi connectivity index (χ0n) is 17.4. The van der Waals surface area contributed by atoms with E-state index in [2.05, 4.69) is 24.1 Å². The minimum Gasteiger partial charge on any atom is -0.467 e. The summed E-state index contributed by atoms with van der Waals surface area (Å²) >= 11 is 0. The van der Waals surface area contributed by atoms with E-state index in [-0.39, 0.29) is 23.8 Å². The lowest BCUT2D eigenvalue weighted by molar-refractivity contribution is -0.139. The second-order valence-corrected chi connectivity index (χ2v) is 8.16. The second kappa shape index (κ2) is 10.1. The van der Waals surface area contributed by atoms with E-state index < -0.39 is 0 Å². The number of nitrogens with zero attached hydrogens (tertiary/aromatic N) is 2. The Balaban J connectivity index is 1.60. The van der Waals surface area contributed by atoms with E-state index >= 15 is 0 Å². The van der Waals surface area contributed by atoms with Crippen LogP contribution in [0.5, 0.6) is 0 Å². The Morgan fingerprint density at radius 2 is 1.82 bits per heavy atom. The molecule has 1 aromatic heterocycles. The highest BCUT2D eigenvalue weighted by molar-refractivity contribution is 5.82. The van der Waals surface area contributed by atoms with Crippen molar-refractivity contribution >= 4 is 11.8 Å². The minimum absolute atomic E-state index is 0.0946. The summed E-state index contributed by atoms with van der Waals surface area (Å²) in [5, 5.41) is 3.07. The summed E-state index contributed by atoms with van der Waals surface area (Å²) in [7, 11) is 0. The van der Waals surface area contributed by atoms with Crippen LogP contribution in [0.2, 0.25) is 0 Å². The lowest BCUT2D eigenvalue weighted by atomic mass is 9.94. The monoisotopic (exact) mass is 389 g/mol. The number of carbonyl (C=O) groups is 2. The number of hydrogen-bond donors (Lipinski definition) is 1. The quantitative estimate of drug-likeness (QED) is 0.742. The molecule has 1 saturated carbocycles. The molecule has 6 nitrogen and oxygen atoms in total. The molecule has 1 atom stereocenters. The lowest BCUT2D eigenvalue weighted by Gasteiger charge is -2.41. The van der Waals surface area contributed by atoms with E-state index in [0.717, 1.165) is 57.6 Å². The highest BCUT2D eigenvalue weighted by Crippen LogP contribution is 2.31. The Kier molecular flexibility index (Phi) is 7.54. The predicted octanol–water partition coefficient (Wildman–Crippen LogP) is 3.04. The zero-order chi connectivity index (χ0) is 19.9. The number of hydrogen-bond acceptors (Lipinski definition) is 4. The zero-order valence-corrected chi connectivity index (χ0v) is 17.4. The van der Waals surface area contributed by atoms with Gasteiger partial charge in [-0.15, -0.1) is 0 Å². The van der Waals surface area contributed by atoms with Crippen LogP contribution in [0.15, 0.2) is 22.8 Å². The summed E-state index contributed by atoms with van der Waals surface area (Å²) in [6.07, 6.45) is 8.08. The summed E-state index contributed by atoms with van der Waals surface area (Å²) in [5.74, 6) is 1.71. The van der Waals surface area contributed by atoms with E-state index in [9.17, 15) is 9.59 Å². The molecule has 1 aliphatic carbocycles. The van der Waals surface area contributed by atoms with Gasteiger partial charge in [-0.2, -0.15) is 0 Å². The van der Waals surface area contributed by atoms with Crippen LogP contribution in [0.4, 0.5) is 0 Å². The normalized spacial score (nSPS) is 19.9.